The lowest BCUT2D eigenvalue weighted by Crippen LogP contribution is -2.39. The van der Waals surface area contributed by atoms with Gasteiger partial charge < -0.3 is 24.1 Å². The number of aliphatic carboxylic acids is 1. The van der Waals surface area contributed by atoms with E-state index in [0.29, 0.717) is 23.5 Å². The van der Waals surface area contributed by atoms with Crippen LogP contribution in [0.2, 0.25) is 0 Å². The fourth-order valence-electron chi connectivity index (χ4n) is 4.20. The van der Waals surface area contributed by atoms with Gasteiger partial charge in [-0.15, -0.1) is 0 Å². The molecule has 2 aromatic rings. The molecule has 36 heavy (non-hydrogen) atoms. The minimum absolute atomic E-state index is 0.109. The standard InChI is InChI=1S/C29H38O7/c1-4-5-6-7-8-9-10-11-20-33-24-16-12-22(13-17-24)26(30)35-25-18-14-23(15-19-25)29(27(31)32)21-34-28(2,3)36-29/h12-19H,4-11,20-21H2,1-3H3,(H,31,32)/t29-/m0/s1. The van der Waals surface area contributed by atoms with Crippen LogP contribution in [0.5, 0.6) is 11.5 Å². The number of hydrogen-bond acceptors (Lipinski definition) is 6. The van der Waals surface area contributed by atoms with Crippen LogP contribution in [0.25, 0.3) is 0 Å². The van der Waals surface area contributed by atoms with Crippen molar-refractivity contribution in [3.8, 4) is 11.5 Å². The molecular weight excluding hydrogens is 460 g/mol. The third-order valence-electron chi connectivity index (χ3n) is 6.28. The molecule has 0 radical (unpaired) electrons. The van der Waals surface area contributed by atoms with Gasteiger partial charge in [0.1, 0.15) is 11.5 Å². The highest BCUT2D eigenvalue weighted by molar-refractivity contribution is 5.91. The van der Waals surface area contributed by atoms with Crippen molar-refractivity contribution in [1.82, 2.24) is 0 Å². The summed E-state index contributed by atoms with van der Waals surface area (Å²) >= 11 is 0. The predicted octanol–water partition coefficient (Wildman–Crippen LogP) is 6.49. The van der Waals surface area contributed by atoms with Gasteiger partial charge in [-0.2, -0.15) is 0 Å². The maximum atomic E-state index is 12.5. The lowest BCUT2D eigenvalue weighted by Gasteiger charge is -2.25. The molecule has 1 N–H and O–H groups in total. The first-order valence-corrected chi connectivity index (χ1v) is 12.9. The van der Waals surface area contributed by atoms with E-state index in [1.807, 2.05) is 0 Å². The summed E-state index contributed by atoms with van der Waals surface area (Å²) in [6.45, 7) is 6.12. The maximum absolute atomic E-state index is 12.5. The van der Waals surface area contributed by atoms with Gasteiger partial charge in [0, 0.05) is 0 Å². The van der Waals surface area contributed by atoms with Crippen LogP contribution in [-0.4, -0.2) is 36.0 Å². The molecule has 1 heterocycles. The molecular formula is C29H38O7. The van der Waals surface area contributed by atoms with E-state index in [2.05, 4.69) is 6.92 Å². The Labute approximate surface area is 213 Å². The van der Waals surface area contributed by atoms with Crippen LogP contribution in [0, 0.1) is 0 Å². The van der Waals surface area contributed by atoms with Crippen molar-refractivity contribution in [3.63, 3.8) is 0 Å². The van der Waals surface area contributed by atoms with Crippen molar-refractivity contribution in [1.29, 1.82) is 0 Å². The highest BCUT2D eigenvalue weighted by atomic mass is 16.8. The average Bonchev–Trinajstić information content (AvgIpc) is 3.20. The molecule has 7 nitrogen and oxygen atoms in total. The van der Waals surface area contributed by atoms with Gasteiger partial charge in [0.2, 0.25) is 5.60 Å². The molecule has 1 aliphatic rings. The molecule has 0 unspecified atom stereocenters. The molecule has 1 saturated heterocycles. The number of benzene rings is 2. The lowest BCUT2D eigenvalue weighted by molar-refractivity contribution is -0.187. The Balaban J connectivity index is 1.45. The largest absolute Gasteiger partial charge is 0.494 e. The lowest BCUT2D eigenvalue weighted by atomic mass is 9.94. The summed E-state index contributed by atoms with van der Waals surface area (Å²) in [7, 11) is 0. The van der Waals surface area contributed by atoms with Crippen LogP contribution < -0.4 is 9.47 Å². The molecule has 0 spiro atoms. The van der Waals surface area contributed by atoms with Crippen LogP contribution in [0.3, 0.4) is 0 Å². The Morgan fingerprint density at radius 2 is 1.44 bits per heavy atom. The molecule has 1 aliphatic heterocycles. The molecule has 0 aliphatic carbocycles. The van der Waals surface area contributed by atoms with Crippen molar-refractivity contribution in [2.45, 2.75) is 83.5 Å². The first-order valence-electron chi connectivity index (χ1n) is 12.9. The summed E-state index contributed by atoms with van der Waals surface area (Å²) in [5.41, 5.74) is -0.788. The number of carbonyl (C=O) groups is 2. The number of rotatable bonds is 14. The van der Waals surface area contributed by atoms with E-state index in [1.165, 1.54) is 44.9 Å². The number of esters is 1. The zero-order chi connectivity index (χ0) is 26.0. The summed E-state index contributed by atoms with van der Waals surface area (Å²) in [5.74, 6) is -1.63. The Bertz CT molecular complexity index is 982. The second kappa shape index (κ2) is 12.9. The third-order valence-corrected chi connectivity index (χ3v) is 6.28. The fraction of sp³-hybridized carbons (Fsp3) is 0.517. The van der Waals surface area contributed by atoms with Gasteiger partial charge in [-0.3, -0.25) is 0 Å². The second-order valence-corrected chi connectivity index (χ2v) is 9.68. The Morgan fingerprint density at radius 1 is 0.861 bits per heavy atom. The Kier molecular flexibility index (Phi) is 9.90. The molecule has 196 valence electrons. The van der Waals surface area contributed by atoms with E-state index in [1.54, 1.807) is 62.4 Å². The zero-order valence-electron chi connectivity index (χ0n) is 21.6. The minimum Gasteiger partial charge on any atom is -0.494 e. The van der Waals surface area contributed by atoms with Gasteiger partial charge in [0.25, 0.3) is 0 Å². The maximum Gasteiger partial charge on any atom is 0.343 e. The number of hydrogen-bond donors (Lipinski definition) is 1. The smallest absolute Gasteiger partial charge is 0.343 e. The third kappa shape index (κ3) is 7.55. The highest BCUT2D eigenvalue weighted by Crippen LogP contribution is 2.39. The summed E-state index contributed by atoms with van der Waals surface area (Å²) < 4.78 is 22.4. The van der Waals surface area contributed by atoms with Gasteiger partial charge in [0.05, 0.1) is 18.8 Å². The normalized spacial score (nSPS) is 18.6. The number of carboxylic acid groups (broad SMARTS) is 1. The van der Waals surface area contributed by atoms with Crippen LogP contribution in [0.4, 0.5) is 0 Å². The number of unbranched alkanes of at least 4 members (excludes halogenated alkanes) is 7. The van der Waals surface area contributed by atoms with Crippen LogP contribution in [0.1, 0.15) is 88.1 Å². The minimum atomic E-state index is -1.60. The van der Waals surface area contributed by atoms with Crippen molar-refractivity contribution < 1.29 is 33.6 Å². The van der Waals surface area contributed by atoms with Gasteiger partial charge in [-0.05, 0) is 62.2 Å². The van der Waals surface area contributed by atoms with Crippen LogP contribution in [-0.2, 0) is 19.9 Å². The van der Waals surface area contributed by atoms with E-state index >= 15 is 0 Å². The number of ether oxygens (including phenoxy) is 4. The molecule has 3 rings (SSSR count). The van der Waals surface area contributed by atoms with E-state index in [-0.39, 0.29) is 6.61 Å². The van der Waals surface area contributed by atoms with E-state index in [9.17, 15) is 14.7 Å². The second-order valence-electron chi connectivity index (χ2n) is 9.68. The Morgan fingerprint density at radius 3 is 2.00 bits per heavy atom. The van der Waals surface area contributed by atoms with E-state index in [4.69, 9.17) is 18.9 Å². The quantitative estimate of drug-likeness (QED) is 0.181. The van der Waals surface area contributed by atoms with Gasteiger partial charge in [0.15, 0.2) is 5.79 Å². The molecule has 0 aromatic heterocycles. The van der Waals surface area contributed by atoms with Gasteiger partial charge in [-0.1, -0.05) is 64.0 Å². The molecule has 1 fully saturated rings. The summed E-state index contributed by atoms with van der Waals surface area (Å²) in [6.07, 6.45) is 9.98. The van der Waals surface area contributed by atoms with Gasteiger partial charge >= 0.3 is 11.9 Å². The number of carboxylic acids is 1. The average molecular weight is 499 g/mol. The van der Waals surface area contributed by atoms with E-state index < -0.39 is 23.3 Å². The van der Waals surface area contributed by atoms with E-state index in [0.717, 1.165) is 12.2 Å². The first-order chi connectivity index (χ1) is 17.3. The molecule has 1 atom stereocenters. The fourth-order valence-corrected chi connectivity index (χ4v) is 4.20. The van der Waals surface area contributed by atoms with Crippen molar-refractivity contribution in [3.05, 3.63) is 59.7 Å². The first kappa shape index (κ1) is 27.7. The summed E-state index contributed by atoms with van der Waals surface area (Å²) in [5, 5.41) is 9.76. The number of carbonyl (C=O) groups excluding carboxylic acids is 1. The summed E-state index contributed by atoms with van der Waals surface area (Å²) in [4.78, 5) is 24.5. The van der Waals surface area contributed by atoms with Crippen molar-refractivity contribution >= 4 is 11.9 Å². The molecule has 0 bridgehead atoms. The topological polar surface area (TPSA) is 91.3 Å². The molecule has 0 saturated carbocycles. The summed E-state index contributed by atoms with van der Waals surface area (Å²) in [6, 6.07) is 13.1. The van der Waals surface area contributed by atoms with Crippen LogP contribution >= 0.6 is 0 Å². The molecule has 0 amide bonds. The predicted molar refractivity (Wildman–Crippen MR) is 136 cm³/mol. The highest BCUT2D eigenvalue weighted by Gasteiger charge is 2.52. The van der Waals surface area contributed by atoms with Crippen LogP contribution in [0.15, 0.2) is 48.5 Å². The van der Waals surface area contributed by atoms with Crippen molar-refractivity contribution in [2.75, 3.05) is 13.2 Å². The molecule has 2 aromatic carbocycles. The van der Waals surface area contributed by atoms with Gasteiger partial charge in [-0.25, -0.2) is 9.59 Å². The SMILES string of the molecule is CCCCCCCCCCOc1ccc(C(=O)Oc2ccc([C@]3(C(=O)O)COC(C)(C)O3)cc2)cc1. The van der Waals surface area contributed by atoms with Crippen molar-refractivity contribution in [2.24, 2.45) is 0 Å². The Hall–Kier alpha value is -2.90. The molecule has 7 heteroatoms. The monoisotopic (exact) mass is 498 g/mol. The zero-order valence-corrected chi connectivity index (χ0v) is 21.6.